The number of benzene rings is 1. The molecule has 0 radical (unpaired) electrons. The fourth-order valence-corrected chi connectivity index (χ4v) is 1.91. The second-order valence-electron chi connectivity index (χ2n) is 4.61. The van der Waals surface area contributed by atoms with Gasteiger partial charge in [0.15, 0.2) is 0 Å². The van der Waals surface area contributed by atoms with E-state index < -0.39 is 10.9 Å². The molecular weight excluding hydrogens is 264 g/mol. The van der Waals surface area contributed by atoms with E-state index in [0.717, 1.165) is 0 Å². The normalized spacial score (nSPS) is 13.5. The summed E-state index contributed by atoms with van der Waals surface area (Å²) >= 11 is 0. The third-order valence-corrected chi connectivity index (χ3v) is 2.85. The van der Waals surface area contributed by atoms with Crippen molar-refractivity contribution in [2.45, 2.75) is 25.9 Å². The first-order valence-corrected chi connectivity index (χ1v) is 6.25. The number of carbonyl (C=O) groups is 1. The molecule has 7 nitrogen and oxygen atoms in total. The van der Waals surface area contributed by atoms with E-state index in [1.54, 1.807) is 0 Å². The van der Waals surface area contributed by atoms with Crippen LogP contribution in [0.3, 0.4) is 0 Å². The minimum absolute atomic E-state index is 0.00397. The highest BCUT2D eigenvalue weighted by Gasteiger charge is 2.16. The Hall–Kier alpha value is -2.15. The first-order valence-electron chi connectivity index (χ1n) is 6.25. The number of hydrogen-bond acceptors (Lipinski definition) is 5. The van der Waals surface area contributed by atoms with Crippen LogP contribution in [0.4, 0.5) is 5.69 Å². The van der Waals surface area contributed by atoms with Gasteiger partial charge in [-0.1, -0.05) is 0 Å². The zero-order chi connectivity index (χ0) is 15.1. The van der Waals surface area contributed by atoms with Crippen LogP contribution >= 0.6 is 0 Å². The number of aliphatic carboxylic acids is 1. The van der Waals surface area contributed by atoms with Crippen LogP contribution < -0.4 is 10.5 Å². The lowest BCUT2D eigenvalue weighted by molar-refractivity contribution is -0.384. The minimum Gasteiger partial charge on any atom is -0.491 e. The molecule has 0 bridgehead atoms. The van der Waals surface area contributed by atoms with Gasteiger partial charge < -0.3 is 15.6 Å². The number of non-ortho nitro benzene ring substituents is 1. The van der Waals surface area contributed by atoms with Crippen molar-refractivity contribution in [3.05, 3.63) is 34.4 Å². The Morgan fingerprint density at radius 3 is 2.50 bits per heavy atom. The lowest BCUT2D eigenvalue weighted by Crippen LogP contribution is -2.24. The van der Waals surface area contributed by atoms with Crippen molar-refractivity contribution < 1.29 is 19.6 Å². The van der Waals surface area contributed by atoms with E-state index in [4.69, 9.17) is 15.6 Å². The highest BCUT2D eigenvalue weighted by Crippen LogP contribution is 2.20. The summed E-state index contributed by atoms with van der Waals surface area (Å²) in [6, 6.07) is 5.76. The molecule has 0 spiro atoms. The third kappa shape index (κ3) is 5.23. The quantitative estimate of drug-likeness (QED) is 0.554. The van der Waals surface area contributed by atoms with Crippen molar-refractivity contribution in [2.75, 3.05) is 6.54 Å². The zero-order valence-corrected chi connectivity index (χ0v) is 11.2. The Bertz CT molecular complexity index is 460. The Morgan fingerprint density at radius 1 is 1.45 bits per heavy atom. The SMILES string of the molecule is CC(CC(CN)CC(=O)O)Oc1ccc([N+](=O)[O-])cc1. The lowest BCUT2D eigenvalue weighted by Gasteiger charge is -2.19. The van der Waals surface area contributed by atoms with Crippen molar-refractivity contribution in [3.63, 3.8) is 0 Å². The van der Waals surface area contributed by atoms with Crippen LogP contribution in [0.5, 0.6) is 5.75 Å². The highest BCUT2D eigenvalue weighted by atomic mass is 16.6. The van der Waals surface area contributed by atoms with Crippen LogP contribution in [0.15, 0.2) is 24.3 Å². The van der Waals surface area contributed by atoms with Gasteiger partial charge in [-0.25, -0.2) is 0 Å². The topological polar surface area (TPSA) is 116 Å². The molecule has 7 heteroatoms. The van der Waals surface area contributed by atoms with Gasteiger partial charge >= 0.3 is 5.97 Å². The average molecular weight is 282 g/mol. The van der Waals surface area contributed by atoms with Gasteiger partial charge in [-0.15, -0.1) is 0 Å². The summed E-state index contributed by atoms with van der Waals surface area (Å²) in [5, 5.41) is 19.3. The molecule has 0 aliphatic heterocycles. The standard InChI is InChI=1S/C13H18N2O5/c1-9(6-10(8-14)7-13(16)17)20-12-4-2-11(3-5-12)15(18)19/h2-5,9-10H,6-8,14H2,1H3,(H,16,17). The van der Waals surface area contributed by atoms with Gasteiger partial charge in [-0.05, 0) is 37.9 Å². The maximum absolute atomic E-state index is 10.6. The molecule has 0 aliphatic rings. The van der Waals surface area contributed by atoms with Crippen molar-refractivity contribution in [2.24, 2.45) is 11.7 Å². The fraction of sp³-hybridized carbons (Fsp3) is 0.462. The summed E-state index contributed by atoms with van der Waals surface area (Å²) in [6.07, 6.45) is 0.300. The highest BCUT2D eigenvalue weighted by molar-refractivity contribution is 5.67. The summed E-state index contributed by atoms with van der Waals surface area (Å²) in [5.74, 6) is -0.530. The van der Waals surface area contributed by atoms with Gasteiger partial charge in [0.1, 0.15) is 5.75 Å². The fourth-order valence-electron chi connectivity index (χ4n) is 1.91. The largest absolute Gasteiger partial charge is 0.491 e. The van der Waals surface area contributed by atoms with Crippen LogP contribution in [-0.2, 0) is 4.79 Å². The summed E-state index contributed by atoms with van der Waals surface area (Å²) in [6.45, 7) is 2.09. The predicted octanol–water partition coefficient (Wildman–Crippen LogP) is 1.80. The third-order valence-electron chi connectivity index (χ3n) is 2.85. The van der Waals surface area contributed by atoms with Crippen LogP contribution in [0.1, 0.15) is 19.8 Å². The molecule has 1 aromatic rings. The molecule has 0 saturated carbocycles. The molecule has 3 N–H and O–H groups in total. The van der Waals surface area contributed by atoms with Crippen molar-refractivity contribution in [3.8, 4) is 5.75 Å². The lowest BCUT2D eigenvalue weighted by atomic mass is 9.99. The molecule has 0 heterocycles. The predicted molar refractivity (Wildman–Crippen MR) is 72.6 cm³/mol. The smallest absolute Gasteiger partial charge is 0.303 e. The van der Waals surface area contributed by atoms with E-state index >= 15 is 0 Å². The molecule has 20 heavy (non-hydrogen) atoms. The number of carboxylic acid groups (broad SMARTS) is 1. The van der Waals surface area contributed by atoms with Crippen LogP contribution in [0.25, 0.3) is 0 Å². The molecule has 2 atom stereocenters. The number of hydrogen-bond donors (Lipinski definition) is 2. The number of rotatable bonds is 8. The first-order chi connectivity index (χ1) is 9.42. The van der Waals surface area contributed by atoms with E-state index in [9.17, 15) is 14.9 Å². The molecule has 2 unspecified atom stereocenters. The number of nitro groups is 1. The van der Waals surface area contributed by atoms with Gasteiger partial charge in [0, 0.05) is 18.6 Å². The van der Waals surface area contributed by atoms with E-state index in [0.29, 0.717) is 12.2 Å². The van der Waals surface area contributed by atoms with Crippen molar-refractivity contribution in [1.29, 1.82) is 0 Å². The minimum atomic E-state index is -0.886. The van der Waals surface area contributed by atoms with Gasteiger partial charge in [-0.2, -0.15) is 0 Å². The summed E-state index contributed by atoms with van der Waals surface area (Å²) < 4.78 is 5.59. The van der Waals surface area contributed by atoms with E-state index in [1.807, 2.05) is 6.92 Å². The van der Waals surface area contributed by atoms with E-state index in [2.05, 4.69) is 0 Å². The van der Waals surface area contributed by atoms with Crippen molar-refractivity contribution in [1.82, 2.24) is 0 Å². The second-order valence-corrected chi connectivity index (χ2v) is 4.61. The Morgan fingerprint density at radius 2 is 2.05 bits per heavy atom. The van der Waals surface area contributed by atoms with E-state index in [1.165, 1.54) is 24.3 Å². The number of ether oxygens (including phenoxy) is 1. The molecule has 1 rings (SSSR count). The molecule has 0 saturated heterocycles. The zero-order valence-electron chi connectivity index (χ0n) is 11.2. The molecule has 0 fully saturated rings. The average Bonchev–Trinajstić information content (AvgIpc) is 2.37. The van der Waals surface area contributed by atoms with Crippen LogP contribution in [0.2, 0.25) is 0 Å². The summed E-state index contributed by atoms with van der Waals surface area (Å²) in [4.78, 5) is 20.7. The van der Waals surface area contributed by atoms with Gasteiger partial charge in [0.25, 0.3) is 5.69 Å². The molecule has 1 aromatic carbocycles. The number of nitro benzene ring substituents is 1. The molecular formula is C13H18N2O5. The number of nitrogens with zero attached hydrogens (tertiary/aromatic N) is 1. The maximum Gasteiger partial charge on any atom is 0.303 e. The molecule has 0 aromatic heterocycles. The van der Waals surface area contributed by atoms with Crippen LogP contribution in [0, 0.1) is 16.0 Å². The first kappa shape index (κ1) is 15.9. The second kappa shape index (κ2) is 7.44. The van der Waals surface area contributed by atoms with Gasteiger partial charge in [0.05, 0.1) is 11.0 Å². The Labute approximate surface area is 116 Å². The van der Waals surface area contributed by atoms with Gasteiger partial charge in [0.2, 0.25) is 0 Å². The Kier molecular flexibility index (Phi) is 5.92. The summed E-state index contributed by atoms with van der Waals surface area (Å²) in [5.41, 5.74) is 5.52. The molecule has 0 aliphatic carbocycles. The van der Waals surface area contributed by atoms with Crippen molar-refractivity contribution >= 4 is 11.7 Å². The monoisotopic (exact) mass is 282 g/mol. The van der Waals surface area contributed by atoms with Crippen LogP contribution in [-0.4, -0.2) is 28.6 Å². The molecule has 0 amide bonds. The number of nitrogens with two attached hydrogens (primary N) is 1. The maximum atomic E-state index is 10.6. The molecule has 110 valence electrons. The number of carboxylic acids is 1. The van der Waals surface area contributed by atoms with E-state index in [-0.39, 0.29) is 30.7 Å². The van der Waals surface area contributed by atoms with Gasteiger partial charge in [-0.3, -0.25) is 14.9 Å². The Balaban J connectivity index is 2.54. The summed E-state index contributed by atoms with van der Waals surface area (Å²) in [7, 11) is 0.